The number of guanidine groups is 1. The monoisotopic (exact) mass is 503 g/mol. The zero-order valence-electron chi connectivity index (χ0n) is 16.0. The largest absolute Gasteiger partial charge is 0.496 e. The molecule has 2 aromatic rings. The summed E-state index contributed by atoms with van der Waals surface area (Å²) in [5, 5.41) is 3.29. The predicted molar refractivity (Wildman–Crippen MR) is 120 cm³/mol. The highest BCUT2D eigenvalue weighted by atomic mass is 127. The van der Waals surface area contributed by atoms with Gasteiger partial charge in [0.05, 0.1) is 12.0 Å². The number of benzene rings is 2. The second-order valence-corrected chi connectivity index (χ2v) is 8.00. The number of nitrogens with one attached hydrogen (secondary N) is 1. The molecule has 0 heterocycles. The summed E-state index contributed by atoms with van der Waals surface area (Å²) in [4.78, 5) is 6.63. The number of rotatable bonds is 6. The third kappa shape index (κ3) is 6.69. The average Bonchev–Trinajstić information content (AvgIpc) is 2.62. The molecule has 1 N–H and O–H groups in total. The van der Waals surface area contributed by atoms with Gasteiger partial charge in [0.15, 0.2) is 15.8 Å². The van der Waals surface area contributed by atoms with Gasteiger partial charge < -0.3 is 15.0 Å². The van der Waals surface area contributed by atoms with Crippen molar-refractivity contribution in [1.82, 2.24) is 10.2 Å². The van der Waals surface area contributed by atoms with Crippen LogP contribution < -0.4 is 10.1 Å². The number of hydrogen-bond acceptors (Lipinski definition) is 4. The molecule has 0 saturated carbocycles. The Labute approximate surface area is 178 Å². The molecule has 0 atom stereocenters. The first-order valence-electron chi connectivity index (χ1n) is 8.18. The first-order valence-corrected chi connectivity index (χ1v) is 10.1. The molecule has 0 bridgehead atoms. The summed E-state index contributed by atoms with van der Waals surface area (Å²) < 4.78 is 28.4. The van der Waals surface area contributed by atoms with Gasteiger partial charge >= 0.3 is 0 Å². The molecule has 0 radical (unpaired) electrons. The van der Waals surface area contributed by atoms with Crippen molar-refractivity contribution in [2.75, 3.05) is 27.5 Å². The van der Waals surface area contributed by atoms with Crippen LogP contribution in [0.25, 0.3) is 0 Å². The van der Waals surface area contributed by atoms with Crippen LogP contribution in [0.2, 0.25) is 0 Å². The Hall–Kier alpha value is -1.81. The van der Waals surface area contributed by atoms with E-state index in [1.807, 2.05) is 36.2 Å². The molecule has 0 unspecified atom stereocenters. The maximum absolute atomic E-state index is 11.5. The molecule has 0 aliphatic heterocycles. The molecule has 148 valence electrons. The summed E-state index contributed by atoms with van der Waals surface area (Å²) in [5.74, 6) is 1.58. The van der Waals surface area contributed by atoms with Gasteiger partial charge in [-0.15, -0.1) is 24.0 Å². The lowest BCUT2D eigenvalue weighted by molar-refractivity contribution is 0.396. The van der Waals surface area contributed by atoms with Gasteiger partial charge in [-0.25, -0.2) is 8.42 Å². The van der Waals surface area contributed by atoms with Crippen molar-refractivity contribution in [2.24, 2.45) is 4.99 Å². The number of nitrogens with zero attached hydrogens (tertiary/aromatic N) is 2. The topological polar surface area (TPSA) is 71.0 Å². The van der Waals surface area contributed by atoms with Gasteiger partial charge in [-0.05, 0) is 23.8 Å². The summed E-state index contributed by atoms with van der Waals surface area (Å²) in [7, 11) is 2.17. The quantitative estimate of drug-likeness (QED) is 0.373. The molecule has 8 heteroatoms. The van der Waals surface area contributed by atoms with Gasteiger partial charge in [0.2, 0.25) is 0 Å². The lowest BCUT2D eigenvalue weighted by atomic mass is 10.2. The highest BCUT2D eigenvalue weighted by Crippen LogP contribution is 2.18. The summed E-state index contributed by atoms with van der Waals surface area (Å²) in [6.45, 7) is 1.20. The SMILES string of the molecule is CN=C(NCc1ccc(S(C)(=O)=O)cc1)N(C)Cc1ccccc1OC.I. The fourth-order valence-corrected chi connectivity index (χ4v) is 3.21. The Kier molecular flexibility index (Phi) is 9.04. The number of halogens is 1. The molecule has 0 amide bonds. The Bertz CT molecular complexity index is 868. The molecule has 0 aliphatic carbocycles. The van der Waals surface area contributed by atoms with Crippen molar-refractivity contribution < 1.29 is 13.2 Å². The van der Waals surface area contributed by atoms with Crippen LogP contribution in [0.3, 0.4) is 0 Å². The summed E-state index contributed by atoms with van der Waals surface area (Å²) in [5.41, 5.74) is 2.04. The van der Waals surface area contributed by atoms with Crippen LogP contribution in [0.5, 0.6) is 5.75 Å². The van der Waals surface area contributed by atoms with E-state index < -0.39 is 9.84 Å². The van der Waals surface area contributed by atoms with Crippen LogP contribution in [0, 0.1) is 0 Å². The number of ether oxygens (including phenoxy) is 1. The molecule has 27 heavy (non-hydrogen) atoms. The van der Waals surface area contributed by atoms with Crippen LogP contribution in [-0.4, -0.2) is 46.7 Å². The molecule has 2 rings (SSSR count). The molecule has 0 aromatic heterocycles. The molecular formula is C19H26IN3O3S. The molecule has 0 fully saturated rings. The van der Waals surface area contributed by atoms with E-state index in [1.165, 1.54) is 6.26 Å². The number of aliphatic imine (C=N–C) groups is 1. The fraction of sp³-hybridized carbons (Fsp3) is 0.316. The van der Waals surface area contributed by atoms with Gasteiger partial charge in [-0.3, -0.25) is 4.99 Å². The number of sulfone groups is 1. The fourth-order valence-electron chi connectivity index (χ4n) is 2.58. The van der Waals surface area contributed by atoms with E-state index in [0.29, 0.717) is 18.0 Å². The van der Waals surface area contributed by atoms with Crippen LogP contribution in [-0.2, 0) is 22.9 Å². The van der Waals surface area contributed by atoms with Crippen molar-refractivity contribution in [1.29, 1.82) is 0 Å². The molecule has 0 spiro atoms. The molecule has 6 nitrogen and oxygen atoms in total. The van der Waals surface area contributed by atoms with Crippen LogP contribution in [0.4, 0.5) is 0 Å². The lowest BCUT2D eigenvalue weighted by Crippen LogP contribution is -2.38. The van der Waals surface area contributed by atoms with Crippen molar-refractivity contribution in [2.45, 2.75) is 18.0 Å². The first kappa shape index (κ1) is 23.2. The normalized spacial score (nSPS) is 11.5. The Morgan fingerprint density at radius 1 is 1.15 bits per heavy atom. The maximum atomic E-state index is 11.5. The smallest absolute Gasteiger partial charge is 0.193 e. The van der Waals surface area contributed by atoms with Gasteiger partial charge in [0, 0.05) is 39.0 Å². The third-order valence-electron chi connectivity index (χ3n) is 3.98. The highest BCUT2D eigenvalue weighted by Gasteiger charge is 2.10. The Balaban J connectivity index is 0.00000364. The zero-order valence-corrected chi connectivity index (χ0v) is 19.1. The van der Waals surface area contributed by atoms with Crippen LogP contribution in [0.1, 0.15) is 11.1 Å². The second-order valence-electron chi connectivity index (χ2n) is 5.98. The minimum absolute atomic E-state index is 0. The van der Waals surface area contributed by atoms with E-state index in [9.17, 15) is 8.42 Å². The van der Waals surface area contributed by atoms with Crippen molar-refractivity contribution in [3.05, 3.63) is 59.7 Å². The van der Waals surface area contributed by atoms with Gasteiger partial charge in [0.1, 0.15) is 5.75 Å². The lowest BCUT2D eigenvalue weighted by Gasteiger charge is -2.23. The number of methoxy groups -OCH3 is 1. The first-order chi connectivity index (χ1) is 12.3. The van der Waals surface area contributed by atoms with E-state index >= 15 is 0 Å². The molecule has 0 aliphatic rings. The molecule has 2 aromatic carbocycles. The maximum Gasteiger partial charge on any atom is 0.193 e. The van der Waals surface area contributed by atoms with Gasteiger partial charge in [-0.1, -0.05) is 30.3 Å². The van der Waals surface area contributed by atoms with Crippen molar-refractivity contribution >= 4 is 39.8 Å². The number of hydrogen-bond donors (Lipinski definition) is 1. The van der Waals surface area contributed by atoms with Crippen molar-refractivity contribution in [3.63, 3.8) is 0 Å². The van der Waals surface area contributed by atoms with Crippen LogP contribution in [0.15, 0.2) is 58.4 Å². The zero-order chi connectivity index (χ0) is 19.2. The highest BCUT2D eigenvalue weighted by molar-refractivity contribution is 14.0. The van der Waals surface area contributed by atoms with Gasteiger partial charge in [0.25, 0.3) is 0 Å². The minimum atomic E-state index is -3.17. The van der Waals surface area contributed by atoms with Crippen molar-refractivity contribution in [3.8, 4) is 5.75 Å². The van der Waals surface area contributed by atoms with Crippen LogP contribution >= 0.6 is 24.0 Å². The predicted octanol–water partition coefficient (Wildman–Crippen LogP) is 2.92. The second kappa shape index (κ2) is 10.5. The van der Waals surface area contributed by atoms with E-state index in [0.717, 1.165) is 22.8 Å². The minimum Gasteiger partial charge on any atom is -0.496 e. The van der Waals surface area contributed by atoms with Gasteiger partial charge in [-0.2, -0.15) is 0 Å². The summed E-state index contributed by atoms with van der Waals surface area (Å²) in [6.07, 6.45) is 1.20. The van der Waals surface area contributed by atoms with E-state index in [-0.39, 0.29) is 24.0 Å². The molecule has 0 saturated heterocycles. The third-order valence-corrected chi connectivity index (χ3v) is 5.10. The number of para-hydroxylation sites is 1. The summed E-state index contributed by atoms with van der Waals surface area (Å²) >= 11 is 0. The Morgan fingerprint density at radius 3 is 2.33 bits per heavy atom. The molecular weight excluding hydrogens is 477 g/mol. The standard InChI is InChI=1S/C19H25N3O3S.HI/c1-20-19(22(2)14-16-7-5-6-8-18(16)25-3)21-13-15-9-11-17(12-10-15)26(4,23)24;/h5-12H,13-14H2,1-4H3,(H,20,21);1H. The van der Waals surface area contributed by atoms with E-state index in [2.05, 4.69) is 10.3 Å². The Morgan fingerprint density at radius 2 is 1.78 bits per heavy atom. The average molecular weight is 503 g/mol. The van der Waals surface area contributed by atoms with E-state index in [1.54, 1.807) is 38.4 Å². The van der Waals surface area contributed by atoms with E-state index in [4.69, 9.17) is 4.74 Å². The summed E-state index contributed by atoms with van der Waals surface area (Å²) in [6, 6.07) is 14.7.